The lowest BCUT2D eigenvalue weighted by Crippen LogP contribution is -1.95. The quantitative estimate of drug-likeness (QED) is 0.858. The lowest BCUT2D eigenvalue weighted by atomic mass is 10.1. The van der Waals surface area contributed by atoms with E-state index < -0.39 is 5.97 Å². The number of carboxylic acids is 1. The van der Waals surface area contributed by atoms with Crippen LogP contribution in [-0.2, 0) is 11.2 Å². The maximum atomic E-state index is 10.4. The van der Waals surface area contributed by atoms with Gasteiger partial charge in [-0.1, -0.05) is 42.2 Å². The molecule has 0 saturated carbocycles. The van der Waals surface area contributed by atoms with Crippen molar-refractivity contribution in [2.75, 3.05) is 0 Å². The van der Waals surface area contributed by atoms with Crippen molar-refractivity contribution in [1.82, 2.24) is 0 Å². The van der Waals surface area contributed by atoms with Crippen LogP contribution in [0.3, 0.4) is 0 Å². The number of carbonyl (C=O) groups is 1. The van der Waals surface area contributed by atoms with E-state index in [0.29, 0.717) is 6.42 Å². The third kappa shape index (κ3) is 4.62. The summed E-state index contributed by atoms with van der Waals surface area (Å²) in [5.41, 5.74) is 3.12. The summed E-state index contributed by atoms with van der Waals surface area (Å²) in [5.74, 6) is 5.49. The van der Waals surface area contributed by atoms with Crippen molar-refractivity contribution in [3.63, 3.8) is 0 Å². The maximum Gasteiger partial charge on any atom is 0.303 e. The molecule has 0 bridgehead atoms. The normalized spacial score (nSPS) is 9.60. The van der Waals surface area contributed by atoms with Crippen LogP contribution < -0.4 is 0 Å². The fourth-order valence-corrected chi connectivity index (χ4v) is 1.86. The lowest BCUT2D eigenvalue weighted by Gasteiger charge is -1.99. The van der Waals surface area contributed by atoms with Crippen LogP contribution in [0.15, 0.2) is 54.6 Å². The van der Waals surface area contributed by atoms with E-state index >= 15 is 0 Å². The molecule has 0 saturated heterocycles. The largest absolute Gasteiger partial charge is 0.481 e. The van der Waals surface area contributed by atoms with Gasteiger partial charge >= 0.3 is 5.97 Å². The van der Waals surface area contributed by atoms with E-state index in [2.05, 4.69) is 11.8 Å². The van der Waals surface area contributed by atoms with E-state index in [4.69, 9.17) is 5.11 Å². The predicted octanol–water partition coefficient (Wildman–Crippen LogP) is 3.49. The van der Waals surface area contributed by atoms with Crippen molar-refractivity contribution in [2.24, 2.45) is 0 Å². The zero-order chi connectivity index (χ0) is 14.2. The van der Waals surface area contributed by atoms with Crippen LogP contribution >= 0.6 is 0 Å². The Bertz CT molecular complexity index is 616. The minimum absolute atomic E-state index is 0.218. The summed E-state index contributed by atoms with van der Waals surface area (Å²) in [5, 5.41) is 8.60. The Morgan fingerprint density at radius 3 is 2.10 bits per heavy atom. The van der Waals surface area contributed by atoms with Crippen LogP contribution in [0, 0.1) is 11.8 Å². The average molecular weight is 264 g/mol. The van der Waals surface area contributed by atoms with Gasteiger partial charge in [0.15, 0.2) is 0 Å². The average Bonchev–Trinajstić information content (AvgIpc) is 2.47. The highest BCUT2D eigenvalue weighted by Crippen LogP contribution is 2.07. The van der Waals surface area contributed by atoms with Crippen molar-refractivity contribution in [2.45, 2.75) is 19.3 Å². The summed E-state index contributed by atoms with van der Waals surface area (Å²) < 4.78 is 0. The van der Waals surface area contributed by atoms with Crippen LogP contribution in [-0.4, -0.2) is 11.1 Å². The van der Waals surface area contributed by atoms with E-state index in [0.717, 1.165) is 23.1 Å². The molecular weight excluding hydrogens is 248 g/mol. The molecule has 100 valence electrons. The van der Waals surface area contributed by atoms with E-state index in [1.165, 1.54) is 0 Å². The second kappa shape index (κ2) is 7.16. The molecule has 2 heteroatoms. The van der Waals surface area contributed by atoms with Gasteiger partial charge in [0.05, 0.1) is 0 Å². The molecule has 0 aliphatic rings. The molecule has 0 atom stereocenters. The summed E-state index contributed by atoms with van der Waals surface area (Å²) in [4.78, 5) is 10.4. The van der Waals surface area contributed by atoms with Crippen LogP contribution in [0.4, 0.5) is 0 Å². The van der Waals surface area contributed by atoms with Crippen molar-refractivity contribution < 1.29 is 9.90 Å². The second-order valence-corrected chi connectivity index (χ2v) is 4.56. The van der Waals surface area contributed by atoms with Crippen molar-refractivity contribution in [3.8, 4) is 11.8 Å². The van der Waals surface area contributed by atoms with Gasteiger partial charge in [-0.05, 0) is 42.7 Å². The van der Waals surface area contributed by atoms with Gasteiger partial charge in [0.2, 0.25) is 0 Å². The number of aryl methyl sites for hydroxylation is 1. The van der Waals surface area contributed by atoms with Gasteiger partial charge < -0.3 is 5.11 Å². The summed E-state index contributed by atoms with van der Waals surface area (Å²) in [6.07, 6.45) is 1.68. The molecule has 1 N–H and O–H groups in total. The first-order valence-electron chi connectivity index (χ1n) is 6.62. The number of rotatable bonds is 4. The van der Waals surface area contributed by atoms with E-state index in [9.17, 15) is 4.79 Å². The Balaban J connectivity index is 1.95. The fraction of sp³-hybridized carbons (Fsp3) is 0.167. The van der Waals surface area contributed by atoms with Crippen LogP contribution in [0.5, 0.6) is 0 Å². The second-order valence-electron chi connectivity index (χ2n) is 4.56. The molecular formula is C18H16O2. The number of aliphatic carboxylic acids is 1. The van der Waals surface area contributed by atoms with Crippen molar-refractivity contribution >= 4 is 5.97 Å². The van der Waals surface area contributed by atoms with Gasteiger partial charge in [-0.2, -0.15) is 0 Å². The van der Waals surface area contributed by atoms with Crippen LogP contribution in [0.2, 0.25) is 0 Å². The highest BCUT2D eigenvalue weighted by molar-refractivity contribution is 5.66. The van der Waals surface area contributed by atoms with Crippen LogP contribution in [0.25, 0.3) is 0 Å². The lowest BCUT2D eigenvalue weighted by molar-refractivity contribution is -0.137. The molecule has 0 aromatic heterocycles. The maximum absolute atomic E-state index is 10.4. The molecule has 0 radical (unpaired) electrons. The zero-order valence-corrected chi connectivity index (χ0v) is 11.2. The molecule has 0 spiro atoms. The molecule has 2 rings (SSSR count). The molecule has 0 fully saturated rings. The minimum atomic E-state index is -0.740. The highest BCUT2D eigenvalue weighted by atomic mass is 16.4. The Hall–Kier alpha value is -2.53. The van der Waals surface area contributed by atoms with Gasteiger partial charge in [-0.15, -0.1) is 0 Å². The first-order chi connectivity index (χ1) is 9.74. The van der Waals surface area contributed by atoms with Crippen molar-refractivity contribution in [3.05, 3.63) is 71.3 Å². The minimum Gasteiger partial charge on any atom is -0.481 e. The summed E-state index contributed by atoms with van der Waals surface area (Å²) >= 11 is 0. The van der Waals surface area contributed by atoms with E-state index in [-0.39, 0.29) is 6.42 Å². The van der Waals surface area contributed by atoms with Gasteiger partial charge in [0.1, 0.15) is 0 Å². The molecule has 2 nitrogen and oxygen atoms in total. The van der Waals surface area contributed by atoms with Gasteiger partial charge in [-0.3, -0.25) is 4.79 Å². The number of carboxylic acid groups (broad SMARTS) is 1. The smallest absolute Gasteiger partial charge is 0.303 e. The Kier molecular flexibility index (Phi) is 4.97. The molecule has 2 aromatic carbocycles. The van der Waals surface area contributed by atoms with Gasteiger partial charge in [0, 0.05) is 17.5 Å². The van der Waals surface area contributed by atoms with Crippen LogP contribution in [0.1, 0.15) is 29.5 Å². The molecule has 0 amide bonds. The number of hydrogen-bond donors (Lipinski definition) is 1. The van der Waals surface area contributed by atoms with E-state index in [1.54, 1.807) is 0 Å². The standard InChI is InChI=1S/C18H16O2/c19-18(20)8-4-7-16-10-13-17(14-11-16)12-9-15-5-2-1-3-6-15/h1-3,5-6,10-11,13-14H,4,7-8H2,(H,19,20). The molecule has 0 aliphatic carbocycles. The summed E-state index contributed by atoms with van der Waals surface area (Å²) in [6.45, 7) is 0. The molecule has 0 heterocycles. The molecule has 0 aliphatic heterocycles. The Labute approximate surface area is 119 Å². The summed E-state index contributed by atoms with van der Waals surface area (Å²) in [6, 6.07) is 17.8. The van der Waals surface area contributed by atoms with Gasteiger partial charge in [-0.25, -0.2) is 0 Å². The van der Waals surface area contributed by atoms with Crippen molar-refractivity contribution in [1.29, 1.82) is 0 Å². The summed E-state index contributed by atoms with van der Waals surface area (Å²) in [7, 11) is 0. The third-order valence-electron chi connectivity index (χ3n) is 2.93. The molecule has 0 unspecified atom stereocenters. The third-order valence-corrected chi connectivity index (χ3v) is 2.93. The molecule has 20 heavy (non-hydrogen) atoms. The number of benzene rings is 2. The fourth-order valence-electron chi connectivity index (χ4n) is 1.86. The Morgan fingerprint density at radius 1 is 0.900 bits per heavy atom. The first-order valence-corrected chi connectivity index (χ1v) is 6.62. The monoisotopic (exact) mass is 264 g/mol. The van der Waals surface area contributed by atoms with Gasteiger partial charge in [0.25, 0.3) is 0 Å². The Morgan fingerprint density at radius 2 is 1.50 bits per heavy atom. The predicted molar refractivity (Wildman–Crippen MR) is 79.4 cm³/mol. The zero-order valence-electron chi connectivity index (χ0n) is 11.2. The first kappa shape index (κ1) is 13.9. The van der Waals surface area contributed by atoms with E-state index in [1.807, 2.05) is 54.6 Å². The molecule has 2 aromatic rings. The highest BCUT2D eigenvalue weighted by Gasteiger charge is 1.98. The topological polar surface area (TPSA) is 37.3 Å². The number of hydrogen-bond acceptors (Lipinski definition) is 1. The SMILES string of the molecule is O=C(O)CCCc1ccc(C#Cc2ccccc2)cc1.